The molecule has 182 valence electrons. The molecule has 5 N–H and O–H groups in total. The van der Waals surface area contributed by atoms with E-state index in [4.69, 9.17) is 18.9 Å². The number of ketones is 1. The average molecular weight is 482 g/mol. The molecule has 5 rings (SSSR count). The van der Waals surface area contributed by atoms with Crippen LogP contribution in [-0.2, 0) is 0 Å². The molecule has 2 heterocycles. The summed E-state index contributed by atoms with van der Waals surface area (Å²) >= 11 is 0. The average Bonchev–Trinajstić information content (AvgIpc) is 2.85. The fourth-order valence-electron chi connectivity index (χ4n) is 4.28. The highest BCUT2D eigenvalue weighted by Crippen LogP contribution is 2.45. The normalized spacial score (nSPS) is 22.8. The van der Waals surface area contributed by atoms with Gasteiger partial charge in [0.1, 0.15) is 22.8 Å². The third kappa shape index (κ3) is 3.82. The molecule has 0 aliphatic carbocycles. The number of aliphatic hydroxyl groups excluding tert-OH is 2. The summed E-state index contributed by atoms with van der Waals surface area (Å²) in [5.74, 6) is -0.823. The van der Waals surface area contributed by atoms with Crippen molar-refractivity contribution in [3.05, 3.63) is 65.2 Å². The van der Waals surface area contributed by atoms with Crippen LogP contribution in [-0.4, -0.2) is 57.2 Å². The van der Waals surface area contributed by atoms with E-state index in [1.54, 1.807) is 30.3 Å². The lowest BCUT2D eigenvalue weighted by molar-refractivity contribution is -0.0130. The predicted octanol–water partition coefficient (Wildman–Crippen LogP) is 2.36. The quantitative estimate of drug-likeness (QED) is 0.374. The molecule has 0 amide bonds. The van der Waals surface area contributed by atoms with Crippen molar-refractivity contribution in [3.63, 3.8) is 0 Å². The van der Waals surface area contributed by atoms with Crippen LogP contribution >= 0.6 is 0 Å². The fourth-order valence-corrected chi connectivity index (χ4v) is 4.28. The van der Waals surface area contributed by atoms with E-state index in [1.165, 1.54) is 19.2 Å². The third-order valence-electron chi connectivity index (χ3n) is 6.00. The van der Waals surface area contributed by atoms with E-state index in [1.807, 2.05) is 0 Å². The topological polar surface area (TPSA) is 155 Å². The summed E-state index contributed by atoms with van der Waals surface area (Å²) in [6.45, 7) is -0.349. The molecule has 0 bridgehead atoms. The van der Waals surface area contributed by atoms with Crippen LogP contribution in [0.3, 0.4) is 0 Å². The van der Waals surface area contributed by atoms with Crippen LogP contribution in [0.25, 0.3) is 0 Å². The van der Waals surface area contributed by atoms with Gasteiger partial charge in [0.05, 0.1) is 13.7 Å². The Kier molecular flexibility index (Phi) is 5.54. The minimum Gasteiger partial charge on any atom is -0.508 e. The van der Waals surface area contributed by atoms with Crippen molar-refractivity contribution in [3.8, 4) is 40.2 Å². The maximum Gasteiger partial charge on any atom is 0.202 e. The van der Waals surface area contributed by atoms with Gasteiger partial charge in [0.25, 0.3) is 0 Å². The third-order valence-corrected chi connectivity index (χ3v) is 6.00. The molecular formula is C25H22O10. The lowest BCUT2D eigenvalue weighted by atomic mass is 9.92. The summed E-state index contributed by atoms with van der Waals surface area (Å²) in [5, 5.41) is 50.2. The van der Waals surface area contributed by atoms with Crippen LogP contribution in [0.15, 0.2) is 48.5 Å². The molecule has 2 aliphatic rings. The van der Waals surface area contributed by atoms with Gasteiger partial charge in [-0.25, -0.2) is 0 Å². The number of aromatic hydroxyl groups is 3. The van der Waals surface area contributed by atoms with Gasteiger partial charge in [-0.2, -0.15) is 0 Å². The number of carbonyl (C=O) groups is 1. The highest BCUT2D eigenvalue weighted by Gasteiger charge is 2.40. The van der Waals surface area contributed by atoms with Crippen LogP contribution in [0, 0.1) is 0 Å². The summed E-state index contributed by atoms with van der Waals surface area (Å²) in [5.41, 5.74) is 0.751. The first-order valence-electron chi connectivity index (χ1n) is 10.7. The van der Waals surface area contributed by atoms with Crippen molar-refractivity contribution in [1.82, 2.24) is 0 Å². The lowest BCUT2D eigenvalue weighted by Crippen LogP contribution is -2.37. The number of Topliss-reactive ketones (excluding diaryl/α,β-unsaturated/α-hetero) is 1. The number of methoxy groups -OCH3 is 1. The largest absolute Gasteiger partial charge is 0.508 e. The zero-order valence-corrected chi connectivity index (χ0v) is 18.4. The number of phenols is 3. The van der Waals surface area contributed by atoms with Gasteiger partial charge in [-0.05, 0) is 29.8 Å². The first-order chi connectivity index (χ1) is 16.8. The Balaban J connectivity index is 1.49. The molecule has 4 atom stereocenters. The smallest absolute Gasteiger partial charge is 0.202 e. The Morgan fingerprint density at radius 2 is 1.54 bits per heavy atom. The number of rotatable bonds is 4. The van der Waals surface area contributed by atoms with Gasteiger partial charge < -0.3 is 44.5 Å². The minimum absolute atomic E-state index is 0.0540. The number of carbonyl (C=O) groups excluding carboxylic acids is 1. The second-order valence-electron chi connectivity index (χ2n) is 8.20. The predicted molar refractivity (Wildman–Crippen MR) is 119 cm³/mol. The number of hydrogen-bond acceptors (Lipinski definition) is 10. The summed E-state index contributed by atoms with van der Waals surface area (Å²) in [4.78, 5) is 12.7. The standard InChI is InChI=1S/C25H22O10/c1-32-17-6-11(2-4-14(17)28)24-20(10-26)33-16-5-3-12(7-18(16)34-24)25-23(31)22(30)21-15(29)8-13(27)9-19(21)35-25/h2-9,20,23-29,31H,10H2,1H3/t20?,23-,24?,25+/m0/s1. The monoisotopic (exact) mass is 482 g/mol. The van der Waals surface area contributed by atoms with Crippen LogP contribution in [0.1, 0.15) is 33.7 Å². The molecule has 35 heavy (non-hydrogen) atoms. The zero-order valence-electron chi connectivity index (χ0n) is 18.4. The van der Waals surface area contributed by atoms with Gasteiger partial charge in [0.2, 0.25) is 5.78 Å². The van der Waals surface area contributed by atoms with E-state index in [2.05, 4.69) is 0 Å². The van der Waals surface area contributed by atoms with Gasteiger partial charge in [0, 0.05) is 17.7 Å². The number of ether oxygens (including phenoxy) is 4. The Morgan fingerprint density at radius 1 is 0.829 bits per heavy atom. The molecule has 0 radical (unpaired) electrons. The van der Waals surface area contributed by atoms with E-state index in [9.17, 15) is 30.3 Å². The van der Waals surface area contributed by atoms with Crippen LogP contribution in [0.4, 0.5) is 0 Å². The maximum absolute atomic E-state index is 12.7. The van der Waals surface area contributed by atoms with Crippen LogP contribution in [0.5, 0.6) is 40.2 Å². The molecule has 0 saturated carbocycles. The molecule has 0 fully saturated rings. The first-order valence-corrected chi connectivity index (χ1v) is 10.7. The molecule has 0 aromatic heterocycles. The van der Waals surface area contributed by atoms with Crippen LogP contribution in [0.2, 0.25) is 0 Å². The summed E-state index contributed by atoms with van der Waals surface area (Å²) in [7, 11) is 1.41. The zero-order chi connectivity index (χ0) is 24.9. The van der Waals surface area contributed by atoms with Crippen molar-refractivity contribution >= 4 is 5.78 Å². The molecule has 0 spiro atoms. The number of benzene rings is 3. The van der Waals surface area contributed by atoms with E-state index in [0.717, 1.165) is 6.07 Å². The molecule has 10 heteroatoms. The molecule has 0 saturated heterocycles. The van der Waals surface area contributed by atoms with E-state index in [0.29, 0.717) is 16.9 Å². The molecule has 2 aliphatic heterocycles. The summed E-state index contributed by atoms with van der Waals surface area (Å²) in [6.07, 6.45) is -4.28. The maximum atomic E-state index is 12.7. The lowest BCUT2D eigenvalue weighted by Gasteiger charge is -2.35. The fraction of sp³-hybridized carbons (Fsp3) is 0.240. The van der Waals surface area contributed by atoms with E-state index in [-0.39, 0.29) is 40.9 Å². The van der Waals surface area contributed by atoms with Crippen molar-refractivity contribution in [2.75, 3.05) is 13.7 Å². The van der Waals surface area contributed by atoms with Crippen molar-refractivity contribution < 1.29 is 49.3 Å². The van der Waals surface area contributed by atoms with E-state index < -0.39 is 35.9 Å². The summed E-state index contributed by atoms with van der Waals surface area (Å²) in [6, 6.07) is 11.5. The second-order valence-corrected chi connectivity index (χ2v) is 8.20. The Hall–Kier alpha value is -4.15. The van der Waals surface area contributed by atoms with Crippen molar-refractivity contribution in [1.29, 1.82) is 0 Å². The van der Waals surface area contributed by atoms with Crippen molar-refractivity contribution in [2.45, 2.75) is 24.4 Å². The molecule has 10 nitrogen and oxygen atoms in total. The number of phenolic OH excluding ortho intramolecular Hbond substituents is 3. The number of hydrogen-bond donors (Lipinski definition) is 5. The molecule has 3 aromatic rings. The van der Waals surface area contributed by atoms with Gasteiger partial charge in [-0.15, -0.1) is 0 Å². The molecule has 2 unspecified atom stereocenters. The summed E-state index contributed by atoms with van der Waals surface area (Å²) < 4.78 is 23.0. The highest BCUT2D eigenvalue weighted by molar-refractivity contribution is 6.05. The Labute approximate surface area is 199 Å². The molecule has 3 aromatic carbocycles. The Morgan fingerprint density at radius 3 is 2.29 bits per heavy atom. The van der Waals surface area contributed by atoms with Gasteiger partial charge in [0.15, 0.2) is 47.4 Å². The number of aliphatic hydroxyl groups is 2. The Bertz CT molecular complexity index is 1300. The highest BCUT2D eigenvalue weighted by atomic mass is 16.6. The number of fused-ring (bicyclic) bond motifs is 2. The second kappa shape index (κ2) is 8.57. The van der Waals surface area contributed by atoms with Gasteiger partial charge in [-0.1, -0.05) is 12.1 Å². The van der Waals surface area contributed by atoms with E-state index >= 15 is 0 Å². The van der Waals surface area contributed by atoms with Gasteiger partial charge >= 0.3 is 0 Å². The minimum atomic E-state index is -1.62. The van der Waals surface area contributed by atoms with Crippen molar-refractivity contribution in [2.24, 2.45) is 0 Å². The molecular weight excluding hydrogens is 460 g/mol. The van der Waals surface area contributed by atoms with Gasteiger partial charge in [-0.3, -0.25) is 4.79 Å². The van der Waals surface area contributed by atoms with Crippen LogP contribution < -0.4 is 18.9 Å². The first kappa shape index (κ1) is 22.6. The SMILES string of the molecule is COc1cc(C2Oc3cc([C@H]4Oc5cc(O)cc(O)c5C(=O)[C@@H]4O)ccc3OC2CO)ccc1O.